The summed E-state index contributed by atoms with van der Waals surface area (Å²) < 4.78 is 0. The summed E-state index contributed by atoms with van der Waals surface area (Å²) >= 11 is 0. The molecule has 4 N–H and O–H groups in total. The average Bonchev–Trinajstić information content (AvgIpc) is 2.76. The fraction of sp³-hybridized carbons (Fsp3) is 0.846. The summed E-state index contributed by atoms with van der Waals surface area (Å²) in [6.07, 6.45) is 4.35. The van der Waals surface area contributed by atoms with Crippen molar-refractivity contribution in [1.29, 1.82) is 0 Å². The third kappa shape index (κ3) is 4.29. The first kappa shape index (κ1) is 15.0. The lowest BCUT2D eigenvalue weighted by Crippen LogP contribution is -2.50. The van der Waals surface area contributed by atoms with Crippen LogP contribution >= 0.6 is 0 Å². The summed E-state index contributed by atoms with van der Waals surface area (Å²) in [4.78, 5) is 25.0. The monoisotopic (exact) mass is 255 g/mol. The van der Waals surface area contributed by atoms with Gasteiger partial charge in [0.05, 0.1) is 12.5 Å². The molecule has 1 saturated carbocycles. The van der Waals surface area contributed by atoms with Crippen LogP contribution in [0.15, 0.2) is 0 Å². The first-order valence-corrected chi connectivity index (χ1v) is 6.76. The zero-order valence-electron chi connectivity index (χ0n) is 11.4. The van der Waals surface area contributed by atoms with Gasteiger partial charge in [-0.1, -0.05) is 26.7 Å². The number of nitrogens with zero attached hydrogens (tertiary/aromatic N) is 1. The number of hydrogen-bond donors (Lipinski definition) is 2. The van der Waals surface area contributed by atoms with Gasteiger partial charge in [-0.05, 0) is 18.8 Å². The molecular formula is C13H25N3O2. The molecule has 18 heavy (non-hydrogen) atoms. The van der Waals surface area contributed by atoms with Crippen molar-refractivity contribution in [3.63, 3.8) is 0 Å². The Labute approximate surface area is 109 Å². The molecule has 5 heteroatoms. The van der Waals surface area contributed by atoms with E-state index >= 15 is 0 Å². The molecule has 0 spiro atoms. The SMILES string of the molecule is CC(C)CN(C(=O)C(N)CC(N)=O)C1CCCC1. The molecule has 5 nitrogen and oxygen atoms in total. The van der Waals surface area contributed by atoms with Crippen LogP contribution in [0, 0.1) is 5.92 Å². The molecule has 0 saturated heterocycles. The fourth-order valence-electron chi connectivity index (χ4n) is 2.55. The highest BCUT2D eigenvalue weighted by Crippen LogP contribution is 2.24. The van der Waals surface area contributed by atoms with Gasteiger partial charge >= 0.3 is 0 Å². The Morgan fingerprint density at radius 1 is 1.28 bits per heavy atom. The van der Waals surface area contributed by atoms with Crippen LogP contribution < -0.4 is 11.5 Å². The van der Waals surface area contributed by atoms with Crippen LogP contribution in [0.2, 0.25) is 0 Å². The third-order valence-electron chi connectivity index (χ3n) is 3.35. The molecule has 0 aromatic carbocycles. The third-order valence-corrected chi connectivity index (χ3v) is 3.35. The molecule has 0 radical (unpaired) electrons. The van der Waals surface area contributed by atoms with Gasteiger partial charge in [0.25, 0.3) is 0 Å². The first-order chi connectivity index (χ1) is 8.41. The van der Waals surface area contributed by atoms with E-state index in [1.54, 1.807) is 0 Å². The smallest absolute Gasteiger partial charge is 0.240 e. The van der Waals surface area contributed by atoms with Gasteiger partial charge in [-0.15, -0.1) is 0 Å². The van der Waals surface area contributed by atoms with Crippen LogP contribution in [0.3, 0.4) is 0 Å². The van der Waals surface area contributed by atoms with Crippen molar-refractivity contribution in [3.05, 3.63) is 0 Å². The maximum atomic E-state index is 12.3. The lowest BCUT2D eigenvalue weighted by molar-refractivity contribution is -0.137. The zero-order valence-corrected chi connectivity index (χ0v) is 11.4. The summed E-state index contributed by atoms with van der Waals surface area (Å²) in [5.74, 6) is -0.253. The summed E-state index contributed by atoms with van der Waals surface area (Å²) in [7, 11) is 0. The van der Waals surface area contributed by atoms with Gasteiger partial charge in [0, 0.05) is 12.6 Å². The van der Waals surface area contributed by atoms with Crippen LogP contribution in [-0.2, 0) is 9.59 Å². The standard InChI is InChI=1S/C13H25N3O2/c1-9(2)8-16(10-5-3-4-6-10)13(18)11(14)7-12(15)17/h9-11H,3-8,14H2,1-2H3,(H2,15,17). The van der Waals surface area contributed by atoms with E-state index in [-0.39, 0.29) is 12.3 Å². The molecule has 0 heterocycles. The van der Waals surface area contributed by atoms with Crippen molar-refractivity contribution < 1.29 is 9.59 Å². The minimum absolute atomic E-state index is 0.0693. The minimum atomic E-state index is -0.790. The van der Waals surface area contributed by atoms with Crippen molar-refractivity contribution in [2.75, 3.05) is 6.54 Å². The van der Waals surface area contributed by atoms with Crippen molar-refractivity contribution in [1.82, 2.24) is 4.90 Å². The summed E-state index contributed by atoms with van der Waals surface area (Å²) in [5, 5.41) is 0. The van der Waals surface area contributed by atoms with E-state index in [0.29, 0.717) is 18.5 Å². The molecule has 2 amide bonds. The molecule has 0 aromatic heterocycles. The maximum Gasteiger partial charge on any atom is 0.240 e. The van der Waals surface area contributed by atoms with Crippen LogP contribution in [0.1, 0.15) is 46.0 Å². The fourth-order valence-corrected chi connectivity index (χ4v) is 2.55. The second kappa shape index (κ2) is 6.73. The molecule has 1 aliphatic carbocycles. The van der Waals surface area contributed by atoms with Gasteiger partial charge in [0.15, 0.2) is 0 Å². The molecular weight excluding hydrogens is 230 g/mol. The topological polar surface area (TPSA) is 89.4 Å². The predicted octanol–water partition coefficient (Wildman–Crippen LogP) is 0.616. The largest absolute Gasteiger partial charge is 0.370 e. The van der Waals surface area contributed by atoms with Crippen LogP contribution in [0.4, 0.5) is 0 Å². The zero-order chi connectivity index (χ0) is 13.7. The molecule has 1 rings (SSSR count). The highest BCUT2D eigenvalue weighted by Gasteiger charge is 2.30. The second-order valence-electron chi connectivity index (χ2n) is 5.60. The van der Waals surface area contributed by atoms with Gasteiger partial charge in [-0.25, -0.2) is 0 Å². The Hall–Kier alpha value is -1.10. The maximum absolute atomic E-state index is 12.3. The predicted molar refractivity (Wildman–Crippen MR) is 70.6 cm³/mol. The molecule has 1 unspecified atom stereocenters. The van der Waals surface area contributed by atoms with Gasteiger partial charge in [-0.2, -0.15) is 0 Å². The first-order valence-electron chi connectivity index (χ1n) is 6.76. The Morgan fingerprint density at radius 3 is 2.28 bits per heavy atom. The molecule has 1 atom stereocenters. The van der Waals surface area contributed by atoms with E-state index in [2.05, 4.69) is 13.8 Å². The van der Waals surface area contributed by atoms with E-state index in [0.717, 1.165) is 25.7 Å². The van der Waals surface area contributed by atoms with Crippen LogP contribution in [0.25, 0.3) is 0 Å². The highest BCUT2D eigenvalue weighted by molar-refractivity contribution is 5.87. The molecule has 1 fully saturated rings. The van der Waals surface area contributed by atoms with E-state index in [9.17, 15) is 9.59 Å². The van der Waals surface area contributed by atoms with Gasteiger partial charge < -0.3 is 16.4 Å². The Balaban J connectivity index is 2.68. The molecule has 104 valence electrons. The Kier molecular flexibility index (Phi) is 5.59. The molecule has 0 aromatic rings. The molecule has 0 bridgehead atoms. The van der Waals surface area contributed by atoms with E-state index in [1.165, 1.54) is 0 Å². The quantitative estimate of drug-likeness (QED) is 0.729. The number of hydrogen-bond acceptors (Lipinski definition) is 3. The van der Waals surface area contributed by atoms with Crippen LogP contribution in [-0.4, -0.2) is 35.3 Å². The lowest BCUT2D eigenvalue weighted by Gasteiger charge is -2.32. The number of nitrogens with two attached hydrogens (primary N) is 2. The number of carbonyl (C=O) groups excluding carboxylic acids is 2. The Morgan fingerprint density at radius 2 is 1.83 bits per heavy atom. The summed E-state index contributed by atoms with van der Waals surface area (Å²) in [5.41, 5.74) is 10.9. The van der Waals surface area contributed by atoms with Crippen LogP contribution in [0.5, 0.6) is 0 Å². The second-order valence-corrected chi connectivity index (χ2v) is 5.60. The number of carbonyl (C=O) groups is 2. The van der Waals surface area contributed by atoms with E-state index in [1.807, 2.05) is 4.90 Å². The highest BCUT2D eigenvalue weighted by atomic mass is 16.2. The lowest BCUT2D eigenvalue weighted by atomic mass is 10.1. The summed E-state index contributed by atoms with van der Waals surface area (Å²) in [6.45, 7) is 4.86. The van der Waals surface area contributed by atoms with Gasteiger partial charge in [0.1, 0.15) is 0 Å². The Bertz CT molecular complexity index is 299. The van der Waals surface area contributed by atoms with E-state index < -0.39 is 11.9 Å². The number of amides is 2. The average molecular weight is 255 g/mol. The van der Waals surface area contributed by atoms with Crippen molar-refractivity contribution in [3.8, 4) is 0 Å². The molecule has 1 aliphatic rings. The number of primary amides is 1. The normalized spacial score (nSPS) is 18.0. The van der Waals surface area contributed by atoms with Crippen molar-refractivity contribution >= 4 is 11.8 Å². The van der Waals surface area contributed by atoms with Gasteiger partial charge in [0.2, 0.25) is 11.8 Å². The van der Waals surface area contributed by atoms with Crippen molar-refractivity contribution in [2.45, 2.75) is 58.0 Å². The van der Waals surface area contributed by atoms with Crippen molar-refractivity contribution in [2.24, 2.45) is 17.4 Å². The number of rotatable bonds is 6. The summed E-state index contributed by atoms with van der Waals surface area (Å²) in [6, 6.07) is -0.499. The van der Waals surface area contributed by atoms with Gasteiger partial charge in [-0.3, -0.25) is 9.59 Å². The minimum Gasteiger partial charge on any atom is -0.370 e. The molecule has 0 aliphatic heterocycles. The van der Waals surface area contributed by atoms with E-state index in [4.69, 9.17) is 11.5 Å².